The fourth-order valence-electron chi connectivity index (χ4n) is 1.74. The zero-order chi connectivity index (χ0) is 13.3. The van der Waals surface area contributed by atoms with Gasteiger partial charge in [-0.3, -0.25) is 4.79 Å². The number of nitrogens with one attached hydrogen (secondary N) is 1. The van der Waals surface area contributed by atoms with Gasteiger partial charge in [0.2, 0.25) is 5.91 Å². The number of nitrogens with two attached hydrogens (primary N) is 1. The lowest BCUT2D eigenvalue weighted by atomic mass is 9.95. The van der Waals surface area contributed by atoms with E-state index in [4.69, 9.17) is 5.73 Å². The molecule has 0 spiro atoms. The van der Waals surface area contributed by atoms with Gasteiger partial charge >= 0.3 is 0 Å². The maximum Gasteiger partial charge on any atom is 0.229 e. The highest BCUT2D eigenvalue weighted by atomic mass is 16.2. The molecule has 0 fully saturated rings. The van der Waals surface area contributed by atoms with Crippen molar-refractivity contribution in [2.24, 2.45) is 5.41 Å². The summed E-state index contributed by atoms with van der Waals surface area (Å²) < 4.78 is 0. The van der Waals surface area contributed by atoms with Crippen LogP contribution in [0.3, 0.4) is 0 Å². The molecule has 0 aromatic heterocycles. The predicted octanol–water partition coefficient (Wildman–Crippen LogP) is 3.41. The molecule has 0 aliphatic rings. The van der Waals surface area contributed by atoms with Crippen LogP contribution in [0.25, 0.3) is 10.8 Å². The van der Waals surface area contributed by atoms with Gasteiger partial charge in [-0.05, 0) is 12.1 Å². The van der Waals surface area contributed by atoms with E-state index in [0.29, 0.717) is 0 Å². The fraction of sp³-hybridized carbons (Fsp3) is 0.267. The van der Waals surface area contributed by atoms with Crippen LogP contribution in [0, 0.1) is 5.41 Å². The van der Waals surface area contributed by atoms with Gasteiger partial charge in [0.1, 0.15) is 0 Å². The van der Waals surface area contributed by atoms with Gasteiger partial charge in [-0.25, -0.2) is 0 Å². The summed E-state index contributed by atoms with van der Waals surface area (Å²) in [4.78, 5) is 12.0. The lowest BCUT2D eigenvalue weighted by Gasteiger charge is -2.19. The van der Waals surface area contributed by atoms with Crippen LogP contribution < -0.4 is 11.1 Å². The second kappa shape index (κ2) is 4.33. The first kappa shape index (κ1) is 12.4. The number of rotatable bonds is 1. The highest BCUT2D eigenvalue weighted by Gasteiger charge is 2.21. The maximum absolute atomic E-state index is 12.0. The smallest absolute Gasteiger partial charge is 0.229 e. The summed E-state index contributed by atoms with van der Waals surface area (Å²) >= 11 is 0. The number of fused-ring (bicyclic) bond motifs is 1. The van der Waals surface area contributed by atoms with Gasteiger partial charge in [-0.2, -0.15) is 0 Å². The third-order valence-electron chi connectivity index (χ3n) is 2.89. The number of amides is 1. The van der Waals surface area contributed by atoms with E-state index in [9.17, 15) is 4.79 Å². The number of hydrogen-bond acceptors (Lipinski definition) is 2. The molecular formula is C15H18N2O. The van der Waals surface area contributed by atoms with E-state index in [0.717, 1.165) is 22.1 Å². The molecule has 0 unspecified atom stereocenters. The van der Waals surface area contributed by atoms with E-state index in [1.54, 1.807) is 0 Å². The summed E-state index contributed by atoms with van der Waals surface area (Å²) in [6.45, 7) is 5.67. The van der Waals surface area contributed by atoms with Gasteiger partial charge in [0.25, 0.3) is 0 Å². The summed E-state index contributed by atoms with van der Waals surface area (Å²) in [5.74, 6) is -0.00238. The number of benzene rings is 2. The molecule has 2 aromatic rings. The van der Waals surface area contributed by atoms with E-state index in [2.05, 4.69) is 5.32 Å². The van der Waals surface area contributed by atoms with Crippen LogP contribution in [0.4, 0.5) is 11.4 Å². The van der Waals surface area contributed by atoms with E-state index in [1.165, 1.54) is 0 Å². The van der Waals surface area contributed by atoms with E-state index >= 15 is 0 Å². The van der Waals surface area contributed by atoms with Crippen LogP contribution in [0.2, 0.25) is 0 Å². The summed E-state index contributed by atoms with van der Waals surface area (Å²) in [5.41, 5.74) is 7.04. The molecule has 3 heteroatoms. The summed E-state index contributed by atoms with van der Waals surface area (Å²) in [6.07, 6.45) is 0. The third-order valence-corrected chi connectivity index (χ3v) is 2.89. The first-order valence-corrected chi connectivity index (χ1v) is 5.98. The molecule has 3 nitrogen and oxygen atoms in total. The van der Waals surface area contributed by atoms with Gasteiger partial charge < -0.3 is 11.1 Å². The lowest BCUT2D eigenvalue weighted by Crippen LogP contribution is -2.27. The Morgan fingerprint density at radius 2 is 1.67 bits per heavy atom. The maximum atomic E-state index is 12.0. The topological polar surface area (TPSA) is 55.1 Å². The minimum atomic E-state index is -0.414. The number of nitrogen functional groups attached to an aromatic ring is 1. The van der Waals surface area contributed by atoms with Crippen molar-refractivity contribution in [2.45, 2.75) is 20.8 Å². The van der Waals surface area contributed by atoms with Crippen molar-refractivity contribution in [3.8, 4) is 0 Å². The third kappa shape index (κ3) is 2.30. The van der Waals surface area contributed by atoms with Gasteiger partial charge in [0.05, 0.1) is 0 Å². The summed E-state index contributed by atoms with van der Waals surface area (Å²) in [5, 5.41) is 4.89. The molecule has 0 radical (unpaired) electrons. The van der Waals surface area contributed by atoms with E-state index in [-0.39, 0.29) is 5.91 Å². The minimum Gasteiger partial charge on any atom is -0.398 e. The first-order chi connectivity index (χ1) is 8.39. The lowest BCUT2D eigenvalue weighted by molar-refractivity contribution is -0.123. The fourth-order valence-corrected chi connectivity index (χ4v) is 1.74. The number of hydrogen-bond donors (Lipinski definition) is 2. The van der Waals surface area contributed by atoms with Crippen molar-refractivity contribution in [3.63, 3.8) is 0 Å². The summed E-state index contributed by atoms with van der Waals surface area (Å²) in [7, 11) is 0. The zero-order valence-corrected chi connectivity index (χ0v) is 10.9. The Morgan fingerprint density at radius 1 is 1.06 bits per heavy atom. The molecule has 0 atom stereocenters. The zero-order valence-electron chi connectivity index (χ0n) is 10.9. The Hall–Kier alpha value is -2.03. The van der Waals surface area contributed by atoms with Gasteiger partial charge in [0, 0.05) is 27.6 Å². The molecule has 0 aliphatic carbocycles. The van der Waals surface area contributed by atoms with Crippen molar-refractivity contribution in [3.05, 3.63) is 36.4 Å². The Labute approximate surface area is 107 Å². The Kier molecular flexibility index (Phi) is 2.99. The van der Waals surface area contributed by atoms with Crippen LogP contribution in [0.15, 0.2) is 36.4 Å². The molecule has 0 saturated heterocycles. The molecule has 1 amide bonds. The predicted molar refractivity (Wildman–Crippen MR) is 76.4 cm³/mol. The molecule has 0 bridgehead atoms. The SMILES string of the molecule is CC(C)(C)C(=O)Nc1ccc(N)c2ccccc12. The van der Waals surface area contributed by atoms with Crippen molar-refractivity contribution < 1.29 is 4.79 Å². The van der Waals surface area contributed by atoms with Crippen LogP contribution in [-0.4, -0.2) is 5.91 Å². The average Bonchev–Trinajstić information content (AvgIpc) is 2.32. The van der Waals surface area contributed by atoms with Crippen molar-refractivity contribution in [2.75, 3.05) is 11.1 Å². The largest absolute Gasteiger partial charge is 0.398 e. The molecule has 2 aromatic carbocycles. The van der Waals surface area contributed by atoms with Crippen molar-refractivity contribution in [1.29, 1.82) is 0 Å². The number of anilines is 2. The molecule has 0 saturated carbocycles. The highest BCUT2D eigenvalue weighted by Crippen LogP contribution is 2.29. The second-order valence-corrected chi connectivity index (χ2v) is 5.45. The Bertz CT molecular complexity index is 597. The molecular weight excluding hydrogens is 224 g/mol. The molecule has 2 rings (SSSR count). The van der Waals surface area contributed by atoms with E-state index < -0.39 is 5.41 Å². The molecule has 3 N–H and O–H groups in total. The number of carbonyl (C=O) groups is 1. The molecule has 18 heavy (non-hydrogen) atoms. The van der Waals surface area contributed by atoms with Crippen molar-refractivity contribution in [1.82, 2.24) is 0 Å². The normalized spacial score (nSPS) is 11.5. The highest BCUT2D eigenvalue weighted by molar-refractivity contribution is 6.07. The average molecular weight is 242 g/mol. The molecule has 94 valence electrons. The minimum absolute atomic E-state index is 0.00238. The number of carbonyl (C=O) groups excluding carboxylic acids is 1. The van der Waals surface area contributed by atoms with Crippen LogP contribution in [-0.2, 0) is 4.79 Å². The van der Waals surface area contributed by atoms with Gasteiger partial charge in [-0.15, -0.1) is 0 Å². The van der Waals surface area contributed by atoms with Crippen molar-refractivity contribution >= 4 is 28.1 Å². The Morgan fingerprint density at radius 3 is 2.28 bits per heavy atom. The van der Waals surface area contributed by atoms with Gasteiger partial charge in [-0.1, -0.05) is 45.0 Å². The second-order valence-electron chi connectivity index (χ2n) is 5.45. The standard InChI is InChI=1S/C15H18N2O/c1-15(2,3)14(18)17-13-9-8-12(16)10-6-4-5-7-11(10)13/h4-9H,16H2,1-3H3,(H,17,18). The first-order valence-electron chi connectivity index (χ1n) is 5.98. The Balaban J connectivity index is 2.47. The van der Waals surface area contributed by atoms with E-state index in [1.807, 2.05) is 57.2 Å². The quantitative estimate of drug-likeness (QED) is 0.753. The van der Waals surface area contributed by atoms with Crippen LogP contribution in [0.5, 0.6) is 0 Å². The summed E-state index contributed by atoms with van der Waals surface area (Å²) in [6, 6.07) is 11.5. The van der Waals surface area contributed by atoms with Crippen LogP contribution in [0.1, 0.15) is 20.8 Å². The molecule has 0 aliphatic heterocycles. The van der Waals surface area contributed by atoms with Gasteiger partial charge in [0.15, 0.2) is 0 Å². The molecule has 0 heterocycles. The van der Waals surface area contributed by atoms with Crippen LogP contribution >= 0.6 is 0 Å². The monoisotopic (exact) mass is 242 g/mol.